The lowest BCUT2D eigenvalue weighted by molar-refractivity contribution is -0.493. The van der Waals surface area contributed by atoms with E-state index in [9.17, 15) is 14.7 Å². The van der Waals surface area contributed by atoms with E-state index < -0.39 is 17.5 Å². The van der Waals surface area contributed by atoms with Crippen molar-refractivity contribution in [2.75, 3.05) is 26.4 Å². The third kappa shape index (κ3) is 8.41. The minimum atomic E-state index is -1.13. The SMILES string of the molecule is CCCCc1nc(Cl)c(C(=O)O)n1Cc1ccc(-c2ccccc2-c2nnn(C(=O)OCCOCCON(O)O)n2)cc1. The van der Waals surface area contributed by atoms with Crippen LogP contribution in [-0.4, -0.2) is 89.2 Å². The van der Waals surface area contributed by atoms with Gasteiger partial charge in [0.2, 0.25) is 5.82 Å². The zero-order chi connectivity index (χ0) is 30.8. The number of aryl methyl sites for hydroxylation is 1. The van der Waals surface area contributed by atoms with E-state index in [1.165, 1.54) is 0 Å². The highest BCUT2D eigenvalue weighted by atomic mass is 35.5. The molecule has 0 saturated heterocycles. The number of ether oxygens (including phenoxy) is 2. The van der Waals surface area contributed by atoms with Crippen molar-refractivity contribution in [3.63, 3.8) is 0 Å². The summed E-state index contributed by atoms with van der Waals surface area (Å²) >= 11 is 6.16. The summed E-state index contributed by atoms with van der Waals surface area (Å²) in [6.45, 7) is 2.22. The number of unbranched alkanes of at least 4 members (excludes halogenated alkanes) is 1. The molecule has 43 heavy (non-hydrogen) atoms. The number of imidazole rings is 1. The Balaban J connectivity index is 1.44. The summed E-state index contributed by atoms with van der Waals surface area (Å²) in [5.41, 5.74) is 3.10. The summed E-state index contributed by atoms with van der Waals surface area (Å²) in [5, 5.41) is 38.1. The van der Waals surface area contributed by atoms with Crippen LogP contribution in [0.15, 0.2) is 48.5 Å². The molecule has 2 heterocycles. The number of hydrogen-bond donors (Lipinski definition) is 3. The van der Waals surface area contributed by atoms with Crippen LogP contribution in [0.1, 0.15) is 41.6 Å². The molecule has 4 rings (SSSR count). The number of carbonyl (C=O) groups excluding carboxylic acids is 1. The van der Waals surface area contributed by atoms with Gasteiger partial charge < -0.3 is 19.1 Å². The summed E-state index contributed by atoms with van der Waals surface area (Å²) in [7, 11) is 0. The Hall–Kier alpha value is -4.25. The maximum absolute atomic E-state index is 12.3. The highest BCUT2D eigenvalue weighted by Gasteiger charge is 2.22. The molecule has 15 nitrogen and oxygen atoms in total. The topological polar surface area (TPSA) is 187 Å². The van der Waals surface area contributed by atoms with Crippen molar-refractivity contribution in [2.45, 2.75) is 32.7 Å². The van der Waals surface area contributed by atoms with Gasteiger partial charge in [0, 0.05) is 18.5 Å². The van der Waals surface area contributed by atoms with E-state index in [4.69, 9.17) is 31.5 Å². The van der Waals surface area contributed by atoms with E-state index in [0.717, 1.165) is 34.3 Å². The molecule has 2 aromatic carbocycles. The molecule has 0 amide bonds. The van der Waals surface area contributed by atoms with Gasteiger partial charge in [-0.1, -0.05) is 78.3 Å². The van der Waals surface area contributed by atoms with Gasteiger partial charge in [0.25, 0.3) is 0 Å². The van der Waals surface area contributed by atoms with E-state index in [2.05, 4.69) is 32.2 Å². The smallest absolute Gasteiger partial charge is 0.453 e. The van der Waals surface area contributed by atoms with Crippen molar-refractivity contribution < 1.29 is 39.4 Å². The molecule has 0 saturated carbocycles. The Labute approximate surface area is 250 Å². The largest absolute Gasteiger partial charge is 0.476 e. The lowest BCUT2D eigenvalue weighted by Gasteiger charge is -2.12. The number of nitrogens with zero attached hydrogens (tertiary/aromatic N) is 7. The Morgan fingerprint density at radius 3 is 2.42 bits per heavy atom. The standard InChI is InChI=1S/C27H30ClN7O8/c1-2-3-8-22-29-24(28)23(26(36)37)33(22)17-18-9-11-19(12-10-18)20-6-4-5-7-21(20)25-30-32-34(31-25)27(38)42-15-13-41-14-16-43-35(39)40/h4-7,9-12,39-40H,2-3,8,13-17H2,1H3,(H,36,37). The minimum absolute atomic E-state index is 0.0220. The van der Waals surface area contributed by atoms with Crippen LogP contribution in [0, 0.1) is 0 Å². The van der Waals surface area contributed by atoms with Crippen molar-refractivity contribution in [1.29, 1.82) is 0 Å². The van der Waals surface area contributed by atoms with Crippen LogP contribution in [0.5, 0.6) is 0 Å². The first-order valence-electron chi connectivity index (χ1n) is 13.3. The molecule has 228 valence electrons. The molecule has 0 spiro atoms. The normalized spacial score (nSPS) is 11.3. The number of carboxylic acids is 1. The fourth-order valence-corrected chi connectivity index (χ4v) is 4.47. The van der Waals surface area contributed by atoms with Crippen molar-refractivity contribution in [1.82, 2.24) is 35.1 Å². The number of halogens is 1. The van der Waals surface area contributed by atoms with Crippen LogP contribution < -0.4 is 0 Å². The Kier molecular flexibility index (Phi) is 11.3. The van der Waals surface area contributed by atoms with E-state index >= 15 is 0 Å². The van der Waals surface area contributed by atoms with Crippen LogP contribution in [0.25, 0.3) is 22.5 Å². The fraction of sp³-hybridized carbons (Fsp3) is 0.333. The monoisotopic (exact) mass is 615 g/mol. The van der Waals surface area contributed by atoms with Gasteiger partial charge in [0.1, 0.15) is 12.4 Å². The predicted molar refractivity (Wildman–Crippen MR) is 150 cm³/mol. The summed E-state index contributed by atoms with van der Waals surface area (Å²) in [4.78, 5) is 33.6. The molecule has 0 aliphatic carbocycles. The number of hydrogen-bond acceptors (Lipinski definition) is 12. The number of aromatic nitrogens is 6. The number of carboxylic acid groups (broad SMARTS) is 1. The van der Waals surface area contributed by atoms with Crippen LogP contribution in [-0.2, 0) is 27.3 Å². The lowest BCUT2D eigenvalue weighted by atomic mass is 9.98. The Bertz CT molecular complexity index is 1520. The Morgan fingerprint density at radius 2 is 1.72 bits per heavy atom. The number of aromatic carboxylic acids is 1. The molecular formula is C27H30ClN7O8. The minimum Gasteiger partial charge on any atom is -0.476 e. The van der Waals surface area contributed by atoms with Gasteiger partial charge >= 0.3 is 12.1 Å². The van der Waals surface area contributed by atoms with E-state index in [-0.39, 0.29) is 43.1 Å². The summed E-state index contributed by atoms with van der Waals surface area (Å²) in [6.07, 6.45) is 1.57. The van der Waals surface area contributed by atoms with E-state index in [0.29, 0.717) is 24.4 Å². The van der Waals surface area contributed by atoms with Gasteiger partial charge in [-0.25, -0.2) is 19.4 Å². The molecular weight excluding hydrogens is 586 g/mol. The van der Waals surface area contributed by atoms with Crippen molar-refractivity contribution in [3.8, 4) is 22.5 Å². The summed E-state index contributed by atoms with van der Waals surface area (Å²) in [5.74, 6) is -0.291. The zero-order valence-electron chi connectivity index (χ0n) is 23.2. The maximum Gasteiger partial charge on any atom is 0.453 e. The third-order valence-electron chi connectivity index (χ3n) is 6.20. The average Bonchev–Trinajstić information content (AvgIpc) is 3.60. The highest BCUT2D eigenvalue weighted by molar-refractivity contribution is 6.32. The summed E-state index contributed by atoms with van der Waals surface area (Å²) in [6, 6.07) is 15.0. The molecule has 0 aliphatic rings. The first kappa shape index (κ1) is 31.7. The number of tetrazole rings is 1. The zero-order valence-corrected chi connectivity index (χ0v) is 23.9. The molecule has 0 atom stereocenters. The molecule has 0 bridgehead atoms. The molecule has 0 unspecified atom stereocenters. The Morgan fingerprint density at radius 1 is 1.00 bits per heavy atom. The third-order valence-corrected chi connectivity index (χ3v) is 6.46. The van der Waals surface area contributed by atoms with Crippen LogP contribution in [0.4, 0.5) is 4.79 Å². The van der Waals surface area contributed by atoms with Crippen molar-refractivity contribution in [2.24, 2.45) is 0 Å². The molecule has 4 aromatic rings. The molecule has 2 aromatic heterocycles. The maximum atomic E-state index is 12.3. The van der Waals surface area contributed by atoms with Crippen molar-refractivity contribution in [3.05, 3.63) is 70.8 Å². The van der Waals surface area contributed by atoms with Crippen LogP contribution in [0.2, 0.25) is 5.15 Å². The van der Waals surface area contributed by atoms with Crippen molar-refractivity contribution >= 4 is 23.7 Å². The molecule has 0 aliphatic heterocycles. The van der Waals surface area contributed by atoms with Crippen LogP contribution >= 0.6 is 11.6 Å². The van der Waals surface area contributed by atoms with Gasteiger partial charge in [-0.3, -0.25) is 10.4 Å². The predicted octanol–water partition coefficient (Wildman–Crippen LogP) is 3.96. The number of rotatable bonds is 15. The highest BCUT2D eigenvalue weighted by Crippen LogP contribution is 2.30. The molecule has 0 radical (unpaired) electrons. The van der Waals surface area contributed by atoms with Gasteiger partial charge in [0.15, 0.2) is 10.8 Å². The van der Waals surface area contributed by atoms with E-state index in [1.54, 1.807) is 10.6 Å². The summed E-state index contributed by atoms with van der Waals surface area (Å²) < 4.78 is 11.9. The number of carbonyl (C=O) groups is 2. The molecule has 16 heteroatoms. The second kappa shape index (κ2) is 15.3. The fourth-order valence-electron chi connectivity index (χ4n) is 4.19. The number of benzene rings is 2. The second-order valence-corrected chi connectivity index (χ2v) is 9.48. The average molecular weight is 616 g/mol. The van der Waals surface area contributed by atoms with Gasteiger partial charge in [-0.2, -0.15) is 0 Å². The van der Waals surface area contributed by atoms with Crippen LogP contribution in [0.3, 0.4) is 0 Å². The van der Waals surface area contributed by atoms with Gasteiger partial charge in [-0.15, -0.1) is 10.2 Å². The second-order valence-electron chi connectivity index (χ2n) is 9.12. The quantitative estimate of drug-likeness (QED) is 0.129. The van der Waals surface area contributed by atoms with E-state index in [1.807, 2.05) is 42.5 Å². The first-order valence-corrected chi connectivity index (χ1v) is 13.7. The molecule has 0 fully saturated rings. The lowest BCUT2D eigenvalue weighted by Crippen LogP contribution is -2.21. The molecule has 3 N–H and O–H groups in total. The first-order chi connectivity index (χ1) is 20.8. The van der Waals surface area contributed by atoms with Gasteiger partial charge in [0.05, 0.1) is 25.2 Å². The van der Waals surface area contributed by atoms with Gasteiger partial charge in [-0.05, 0) is 28.3 Å².